The Morgan fingerprint density at radius 1 is 0.535 bits per heavy atom. The molecule has 43 heavy (non-hydrogen) atoms. The van der Waals surface area contributed by atoms with E-state index in [1.165, 1.54) is 109 Å². The van der Waals surface area contributed by atoms with Crippen molar-refractivity contribution >= 4 is 11.9 Å². The second kappa shape index (κ2) is 34.6. The van der Waals surface area contributed by atoms with Crippen molar-refractivity contribution in [1.29, 1.82) is 0 Å². The predicted molar refractivity (Wildman–Crippen MR) is 186 cm³/mol. The van der Waals surface area contributed by atoms with Crippen LogP contribution in [0.4, 0.5) is 0 Å². The van der Waals surface area contributed by atoms with Gasteiger partial charge in [0.05, 0.1) is 0 Å². The zero-order valence-electron chi connectivity index (χ0n) is 28.5. The van der Waals surface area contributed by atoms with Gasteiger partial charge in [0.15, 0.2) is 6.10 Å². The molecule has 0 aromatic carbocycles. The molecule has 0 aromatic heterocycles. The lowest BCUT2D eigenvalue weighted by Crippen LogP contribution is -2.27. The van der Waals surface area contributed by atoms with Crippen LogP contribution in [-0.4, -0.2) is 23.1 Å². The molecule has 0 fully saturated rings. The fraction of sp³-hybridized carbons (Fsp3) is 0.795. The van der Waals surface area contributed by atoms with Gasteiger partial charge in [-0.25, -0.2) is 4.79 Å². The fourth-order valence-electron chi connectivity index (χ4n) is 5.39. The van der Waals surface area contributed by atoms with E-state index in [0.29, 0.717) is 12.8 Å². The van der Waals surface area contributed by atoms with Crippen LogP contribution in [0.15, 0.2) is 36.5 Å². The maximum atomic E-state index is 12.2. The number of carboxylic acids is 1. The topological polar surface area (TPSA) is 63.6 Å². The number of carbonyl (C=O) groups excluding carboxylic acids is 1. The number of rotatable bonds is 33. The lowest BCUT2D eigenvalue weighted by atomic mass is 10.0. The molecule has 0 radical (unpaired) electrons. The van der Waals surface area contributed by atoms with E-state index in [-0.39, 0.29) is 5.97 Å². The van der Waals surface area contributed by atoms with E-state index >= 15 is 0 Å². The third kappa shape index (κ3) is 32.9. The Hall–Kier alpha value is -1.84. The van der Waals surface area contributed by atoms with Crippen molar-refractivity contribution in [3.8, 4) is 0 Å². The van der Waals surface area contributed by atoms with Gasteiger partial charge in [-0.1, -0.05) is 172 Å². The molecule has 1 atom stereocenters. The first-order valence-electron chi connectivity index (χ1n) is 18.5. The van der Waals surface area contributed by atoms with Crippen LogP contribution in [0.1, 0.15) is 194 Å². The molecule has 1 unspecified atom stereocenters. The highest BCUT2D eigenvalue weighted by molar-refractivity contribution is 5.77. The number of hydrogen-bond acceptors (Lipinski definition) is 3. The van der Waals surface area contributed by atoms with Gasteiger partial charge in [-0.3, -0.25) is 4.79 Å². The predicted octanol–water partition coefficient (Wildman–Crippen LogP) is 12.6. The molecule has 0 spiro atoms. The number of hydrogen-bond donors (Lipinski definition) is 1. The SMILES string of the molecule is CC/C=C\C/C=C\C/C=C\CCCCCCCCCCCC(=O)OC(CCCCCCCCCCCCCCC)C(=O)O. The lowest BCUT2D eigenvalue weighted by Gasteiger charge is -2.13. The van der Waals surface area contributed by atoms with Crippen LogP contribution < -0.4 is 0 Å². The third-order valence-electron chi connectivity index (χ3n) is 8.15. The highest BCUT2D eigenvalue weighted by atomic mass is 16.6. The smallest absolute Gasteiger partial charge is 0.345 e. The first-order valence-corrected chi connectivity index (χ1v) is 18.5. The lowest BCUT2D eigenvalue weighted by molar-refractivity contribution is -0.164. The summed E-state index contributed by atoms with van der Waals surface area (Å²) in [7, 11) is 0. The Kier molecular flexibility index (Phi) is 33.2. The molecular weight excluding hydrogens is 532 g/mol. The third-order valence-corrected chi connectivity index (χ3v) is 8.15. The van der Waals surface area contributed by atoms with E-state index < -0.39 is 12.1 Å². The quantitative estimate of drug-likeness (QED) is 0.0461. The van der Waals surface area contributed by atoms with Gasteiger partial charge < -0.3 is 9.84 Å². The number of ether oxygens (including phenoxy) is 1. The summed E-state index contributed by atoms with van der Waals surface area (Å²) in [4.78, 5) is 23.7. The van der Waals surface area contributed by atoms with E-state index in [0.717, 1.165) is 57.8 Å². The molecule has 0 aliphatic heterocycles. The standard InChI is InChI=1S/C39H70O4/c1-3-5-7-9-11-13-15-17-18-19-20-21-22-24-26-28-30-32-34-36-38(40)43-37(39(41)42)35-33-31-29-27-25-23-16-14-12-10-8-6-4-2/h5,7,11,13,17-18,37H,3-4,6,8-10,12,14-16,19-36H2,1-2H3,(H,41,42)/b7-5-,13-11-,18-17-. The van der Waals surface area contributed by atoms with Crippen molar-refractivity contribution in [2.24, 2.45) is 0 Å². The Morgan fingerprint density at radius 3 is 1.44 bits per heavy atom. The van der Waals surface area contributed by atoms with Crippen molar-refractivity contribution in [2.45, 2.75) is 200 Å². The summed E-state index contributed by atoms with van der Waals surface area (Å²) in [6, 6.07) is 0. The van der Waals surface area contributed by atoms with E-state index in [2.05, 4.69) is 50.3 Å². The molecular formula is C39H70O4. The molecule has 0 bridgehead atoms. The van der Waals surface area contributed by atoms with Gasteiger partial charge in [-0.05, 0) is 51.4 Å². The van der Waals surface area contributed by atoms with E-state index in [9.17, 15) is 14.7 Å². The van der Waals surface area contributed by atoms with Gasteiger partial charge in [0.1, 0.15) is 0 Å². The molecule has 0 aliphatic carbocycles. The zero-order valence-corrected chi connectivity index (χ0v) is 28.5. The van der Waals surface area contributed by atoms with Gasteiger partial charge >= 0.3 is 11.9 Å². The molecule has 0 saturated carbocycles. The van der Waals surface area contributed by atoms with Crippen molar-refractivity contribution in [3.05, 3.63) is 36.5 Å². The Morgan fingerprint density at radius 2 is 0.953 bits per heavy atom. The number of esters is 1. The molecule has 0 heterocycles. The summed E-state index contributed by atoms with van der Waals surface area (Å²) in [5.74, 6) is -1.36. The van der Waals surface area contributed by atoms with E-state index in [1.54, 1.807) is 0 Å². The van der Waals surface area contributed by atoms with Gasteiger partial charge in [-0.15, -0.1) is 0 Å². The summed E-state index contributed by atoms with van der Waals surface area (Å²) in [5, 5.41) is 9.46. The second-order valence-electron chi connectivity index (χ2n) is 12.4. The van der Waals surface area contributed by atoms with Crippen molar-refractivity contribution < 1.29 is 19.4 Å². The minimum atomic E-state index is -1.01. The van der Waals surface area contributed by atoms with Crippen molar-refractivity contribution in [2.75, 3.05) is 0 Å². The number of carboxylic acid groups (broad SMARTS) is 1. The minimum absolute atomic E-state index is 0.335. The summed E-state index contributed by atoms with van der Waals surface area (Å²) in [6.45, 7) is 4.42. The highest BCUT2D eigenvalue weighted by Crippen LogP contribution is 2.16. The van der Waals surface area contributed by atoms with E-state index in [4.69, 9.17) is 4.74 Å². The number of carbonyl (C=O) groups is 2. The van der Waals surface area contributed by atoms with Gasteiger partial charge in [0, 0.05) is 6.42 Å². The normalized spacial score (nSPS) is 12.6. The summed E-state index contributed by atoms with van der Waals surface area (Å²) in [5.41, 5.74) is 0. The summed E-state index contributed by atoms with van der Waals surface area (Å²) < 4.78 is 5.31. The Labute approximate surface area is 267 Å². The number of unbranched alkanes of at least 4 members (excludes halogenated alkanes) is 21. The van der Waals surface area contributed by atoms with Crippen LogP contribution in [0.5, 0.6) is 0 Å². The van der Waals surface area contributed by atoms with Gasteiger partial charge in [0.25, 0.3) is 0 Å². The summed E-state index contributed by atoms with van der Waals surface area (Å²) >= 11 is 0. The van der Waals surface area contributed by atoms with Gasteiger partial charge in [-0.2, -0.15) is 0 Å². The fourth-order valence-corrected chi connectivity index (χ4v) is 5.39. The molecule has 0 amide bonds. The molecule has 0 aliphatic rings. The minimum Gasteiger partial charge on any atom is -0.479 e. The van der Waals surface area contributed by atoms with Crippen molar-refractivity contribution in [1.82, 2.24) is 0 Å². The first-order chi connectivity index (χ1) is 21.1. The van der Waals surface area contributed by atoms with E-state index in [1.807, 2.05) is 0 Å². The molecule has 4 nitrogen and oxygen atoms in total. The molecule has 4 heteroatoms. The maximum Gasteiger partial charge on any atom is 0.345 e. The molecule has 0 saturated heterocycles. The van der Waals surface area contributed by atoms with Crippen molar-refractivity contribution in [3.63, 3.8) is 0 Å². The molecule has 0 rings (SSSR count). The Bertz CT molecular complexity index is 693. The average molecular weight is 603 g/mol. The van der Waals surface area contributed by atoms with Crippen LogP contribution in [0, 0.1) is 0 Å². The van der Waals surface area contributed by atoms with Crippen LogP contribution in [-0.2, 0) is 14.3 Å². The monoisotopic (exact) mass is 603 g/mol. The second-order valence-corrected chi connectivity index (χ2v) is 12.4. The van der Waals surface area contributed by atoms with Crippen LogP contribution in [0.2, 0.25) is 0 Å². The first kappa shape index (κ1) is 41.2. The Balaban J connectivity index is 3.56. The van der Waals surface area contributed by atoms with Gasteiger partial charge in [0.2, 0.25) is 0 Å². The maximum absolute atomic E-state index is 12.2. The van der Waals surface area contributed by atoms with Crippen LogP contribution in [0.25, 0.3) is 0 Å². The molecule has 0 aromatic rings. The zero-order chi connectivity index (χ0) is 31.5. The highest BCUT2D eigenvalue weighted by Gasteiger charge is 2.21. The number of aliphatic carboxylic acids is 1. The average Bonchev–Trinajstić information content (AvgIpc) is 3.00. The molecule has 250 valence electrons. The largest absolute Gasteiger partial charge is 0.479 e. The summed E-state index contributed by atoms with van der Waals surface area (Å²) in [6.07, 6.45) is 44.6. The van der Waals surface area contributed by atoms with Crippen LogP contribution >= 0.6 is 0 Å². The van der Waals surface area contributed by atoms with Crippen LogP contribution in [0.3, 0.4) is 0 Å². The molecule has 1 N–H and O–H groups in total. The number of allylic oxidation sites excluding steroid dienone is 6.